The predicted octanol–water partition coefficient (Wildman–Crippen LogP) is 4.83. The van der Waals surface area contributed by atoms with Crippen molar-refractivity contribution in [2.45, 2.75) is 115 Å². The van der Waals surface area contributed by atoms with Crippen LogP contribution in [-0.2, 0) is 63.2 Å². The van der Waals surface area contributed by atoms with Crippen molar-refractivity contribution in [2.75, 3.05) is 45.9 Å². The number of amides is 1. The number of hydrogen-bond donors (Lipinski definition) is 5. The van der Waals surface area contributed by atoms with Crippen molar-refractivity contribution in [3.8, 4) is 0 Å². The second-order valence-corrected chi connectivity index (χ2v) is 24.1. The van der Waals surface area contributed by atoms with Crippen LogP contribution in [0.4, 0.5) is 0 Å². The minimum Gasteiger partial charge on any atom is -0.455 e. The lowest BCUT2D eigenvalue weighted by Gasteiger charge is -2.67. The highest BCUT2D eigenvalue weighted by atomic mass is 31.2. The summed E-state index contributed by atoms with van der Waals surface area (Å²) in [6.07, 6.45) is -11.0. The molecule has 4 fully saturated rings. The number of Topliss-reactive ketones (excluding diaryl/α,β-unsaturated/α-hetero) is 1. The van der Waals surface area contributed by atoms with Gasteiger partial charge in [-0.2, -0.15) is 0 Å². The van der Waals surface area contributed by atoms with E-state index in [9.17, 15) is 38.8 Å². The quantitative estimate of drug-likeness (QED) is 0.0386. The molecule has 9 rings (SSSR count). The summed E-state index contributed by atoms with van der Waals surface area (Å²) in [6.45, 7) is 11.1. The molecule has 11 unspecified atom stereocenters. The molecule has 2 saturated heterocycles. The minimum absolute atomic E-state index is 0.0189. The van der Waals surface area contributed by atoms with Crippen LogP contribution in [0.25, 0.3) is 0 Å². The van der Waals surface area contributed by atoms with E-state index in [4.69, 9.17) is 38.2 Å². The van der Waals surface area contributed by atoms with Crippen LogP contribution in [0.15, 0.2) is 126 Å². The Bertz CT molecular complexity index is 3210. The van der Waals surface area contributed by atoms with E-state index in [1.54, 1.807) is 105 Å². The van der Waals surface area contributed by atoms with E-state index in [2.05, 4.69) is 14.7 Å². The Balaban J connectivity index is 1.11. The van der Waals surface area contributed by atoms with Gasteiger partial charge in [-0.3, -0.25) is 33.5 Å². The van der Waals surface area contributed by atoms with Crippen molar-refractivity contribution >= 4 is 49.4 Å². The number of ketones is 1. The first-order valence-electron chi connectivity index (χ1n) is 27.7. The average molecular weight is 1180 g/mol. The van der Waals surface area contributed by atoms with Gasteiger partial charge in [0, 0.05) is 76.9 Å². The molecular weight excluding hydrogens is 1110 g/mol. The van der Waals surface area contributed by atoms with Crippen molar-refractivity contribution in [3.63, 3.8) is 0 Å². The maximum absolute atomic E-state index is 15.9. The molecule has 22 nitrogen and oxygen atoms in total. The van der Waals surface area contributed by atoms with Gasteiger partial charge in [-0.05, 0) is 72.5 Å². The number of aliphatic hydroxyl groups excluding tert-OH is 1. The zero-order chi connectivity index (χ0) is 60.5. The van der Waals surface area contributed by atoms with Crippen molar-refractivity contribution < 1.29 is 91.1 Å². The fourth-order valence-corrected chi connectivity index (χ4v) is 13.3. The van der Waals surface area contributed by atoms with Gasteiger partial charge in [0.2, 0.25) is 6.10 Å². The summed E-state index contributed by atoms with van der Waals surface area (Å²) in [4.78, 5) is 124. The highest BCUT2D eigenvalue weighted by Crippen LogP contribution is 2.64. The average Bonchev–Trinajstić information content (AvgIpc) is 0.723. The Kier molecular flexibility index (Phi) is 18.0. The summed E-state index contributed by atoms with van der Waals surface area (Å²) in [5, 5.41) is 29.3. The molecule has 2 heterocycles. The van der Waals surface area contributed by atoms with Gasteiger partial charge in [0.15, 0.2) is 17.5 Å². The number of rotatable bonds is 18. The molecule has 0 radical (unpaired) electrons. The number of aliphatic hydroxyl groups is 2. The van der Waals surface area contributed by atoms with Gasteiger partial charge >= 0.3 is 37.7 Å². The number of ether oxygens (including phenoxy) is 6. The number of carbonyl (C=O) groups excluding carboxylic acids is 7. The van der Waals surface area contributed by atoms with Crippen LogP contribution in [0.2, 0.25) is 0 Å². The zero-order valence-electron chi connectivity index (χ0n) is 47.4. The van der Waals surface area contributed by atoms with Gasteiger partial charge in [0.1, 0.15) is 30.0 Å². The number of piperazine rings is 1. The Morgan fingerprint density at radius 1 is 0.762 bits per heavy atom. The molecule has 4 aromatic carbocycles. The number of hydrogen-bond acceptors (Lipinski definition) is 19. The van der Waals surface area contributed by atoms with E-state index in [0.717, 1.165) is 19.4 Å². The lowest BCUT2D eigenvalue weighted by Crippen LogP contribution is -2.82. The summed E-state index contributed by atoms with van der Waals surface area (Å²) in [5.74, 6) is -8.16. The summed E-state index contributed by atoms with van der Waals surface area (Å²) >= 11 is 0. The van der Waals surface area contributed by atoms with Gasteiger partial charge in [-0.25, -0.2) is 18.9 Å². The topological polar surface area (TPSA) is 301 Å². The van der Waals surface area contributed by atoms with Gasteiger partial charge < -0.3 is 53.7 Å². The van der Waals surface area contributed by atoms with Gasteiger partial charge in [0.05, 0.1) is 41.8 Å². The summed E-state index contributed by atoms with van der Waals surface area (Å²) in [5.41, 5.74) is -6.81. The highest BCUT2D eigenvalue weighted by Gasteiger charge is 2.78. The normalized spacial score (nSPS) is 28.3. The largest absolute Gasteiger partial charge is 0.469 e. The minimum atomic E-state index is -4.58. The molecule has 84 heavy (non-hydrogen) atoms. The summed E-state index contributed by atoms with van der Waals surface area (Å²) in [7, 11) is -4.58. The Labute approximate surface area is 485 Å². The van der Waals surface area contributed by atoms with Crippen LogP contribution >= 0.6 is 7.82 Å². The molecule has 2 aliphatic heterocycles. The number of fused-ring (bicyclic) bond motifs is 5. The molecule has 5 aliphatic rings. The van der Waals surface area contributed by atoms with Crippen LogP contribution < -0.4 is 5.32 Å². The first kappa shape index (κ1) is 61.6. The van der Waals surface area contributed by atoms with E-state index < -0.39 is 126 Å². The van der Waals surface area contributed by atoms with Crippen molar-refractivity contribution in [3.05, 3.63) is 154 Å². The number of esters is 5. The van der Waals surface area contributed by atoms with E-state index in [1.165, 1.54) is 38.1 Å². The monoisotopic (exact) mass is 1180 g/mol. The standard InChI is InChI=1S/C61H70N3O19P/c1-36-44(33-61(73)53(82-56(71)42-20-14-9-15-21-42)51-59(6,45(67)32-46-60(51,35-77-46)83-38(3)66)52(68)49(79-37(2)65)47(36)58(61,4)5)80-57(72)50(48(40-16-10-7-11-17-40)62-54(69)41-18-12-8-13-19-41)81-55(70)43-24-22-39(23-25-43)34-64-28-26-63(27-29-64)30-31-78-84(74,75)76/h7-25,44-46,48-51,53,67,73H,26-35H2,1-6H3,(H,62,69)(H2,74,75,76). The molecular formula is C61H70N3O19P. The van der Waals surface area contributed by atoms with Gasteiger partial charge in [-0.15, -0.1) is 0 Å². The molecule has 2 bridgehead atoms. The molecule has 2 saturated carbocycles. The third-order valence-electron chi connectivity index (χ3n) is 17.4. The van der Waals surface area contributed by atoms with Crippen molar-refractivity contribution in [1.29, 1.82) is 0 Å². The highest BCUT2D eigenvalue weighted by molar-refractivity contribution is 7.46. The van der Waals surface area contributed by atoms with Gasteiger partial charge in [-0.1, -0.05) is 92.7 Å². The van der Waals surface area contributed by atoms with Crippen LogP contribution in [0.1, 0.15) is 103 Å². The first-order valence-corrected chi connectivity index (χ1v) is 29.3. The van der Waals surface area contributed by atoms with Gasteiger partial charge in [0.25, 0.3) is 5.91 Å². The number of phosphoric ester groups is 1. The third kappa shape index (κ3) is 12.3. The number of benzene rings is 4. The first-order chi connectivity index (χ1) is 39.8. The fraction of sp³-hybridized carbons (Fsp3) is 0.459. The molecule has 1 amide bonds. The number of nitrogens with one attached hydrogen (secondary N) is 1. The van der Waals surface area contributed by atoms with Crippen LogP contribution in [-0.4, -0.2) is 165 Å². The maximum atomic E-state index is 15.9. The Morgan fingerprint density at radius 2 is 1.35 bits per heavy atom. The van der Waals surface area contributed by atoms with E-state index in [1.807, 2.05) is 4.90 Å². The lowest BCUT2D eigenvalue weighted by atomic mass is 9.44. The molecule has 5 N–H and O–H groups in total. The van der Waals surface area contributed by atoms with E-state index in [-0.39, 0.29) is 47.5 Å². The summed E-state index contributed by atoms with van der Waals surface area (Å²) in [6, 6.07) is 29.1. The number of nitrogens with zero attached hydrogens (tertiary/aromatic N) is 2. The molecule has 0 spiro atoms. The summed E-state index contributed by atoms with van der Waals surface area (Å²) < 4.78 is 53.1. The molecule has 0 aromatic heterocycles. The second kappa shape index (κ2) is 24.5. The van der Waals surface area contributed by atoms with E-state index in [0.29, 0.717) is 44.8 Å². The third-order valence-corrected chi connectivity index (χ3v) is 17.9. The number of phosphoric acid groups is 1. The second-order valence-electron chi connectivity index (χ2n) is 22.9. The lowest BCUT2D eigenvalue weighted by molar-refractivity contribution is -0.346. The van der Waals surface area contributed by atoms with Crippen LogP contribution in [0.3, 0.4) is 0 Å². The maximum Gasteiger partial charge on any atom is 0.469 e. The Hall–Kier alpha value is -6.98. The molecule has 23 heteroatoms. The Morgan fingerprint density at radius 3 is 1.92 bits per heavy atom. The van der Waals surface area contributed by atoms with Crippen molar-refractivity contribution in [1.82, 2.24) is 15.1 Å². The molecule has 448 valence electrons. The SMILES string of the molecule is CC(=O)OC1C(=O)C2(C)C(O)CC3OCC3(OC(C)=O)C2C(OC(=O)c2ccccc2)C2(O)CC(OC(=O)C(OC(=O)c3ccc(CN4CCN(CCOP(=O)(O)O)CC4)cc3)C(NC(=O)c3ccccc3)c3ccccc3)C(C)=C1C2(C)C. The smallest absolute Gasteiger partial charge is 0.455 e. The van der Waals surface area contributed by atoms with Crippen LogP contribution in [0.5, 0.6) is 0 Å². The molecule has 11 atom stereocenters. The van der Waals surface area contributed by atoms with Crippen molar-refractivity contribution in [2.24, 2.45) is 16.7 Å². The molecule has 4 aromatic rings. The molecule has 3 aliphatic carbocycles. The zero-order valence-corrected chi connectivity index (χ0v) is 48.3. The van der Waals surface area contributed by atoms with E-state index >= 15 is 9.59 Å². The number of carbonyl (C=O) groups is 7. The van der Waals surface area contributed by atoms with Crippen LogP contribution in [0, 0.1) is 16.7 Å². The predicted molar refractivity (Wildman–Crippen MR) is 297 cm³/mol. The fourth-order valence-electron chi connectivity index (χ4n) is 12.9.